The topological polar surface area (TPSA) is 12.9 Å². The largest absolute Gasteiger partial charge is 0.394 e. The fourth-order valence-corrected chi connectivity index (χ4v) is 1.48. The van der Waals surface area contributed by atoms with E-state index >= 15 is 0 Å². The lowest BCUT2D eigenvalue weighted by atomic mass is 9.89. The molecule has 0 aliphatic rings. The molecular weight excluding hydrogens is 215 g/mol. The zero-order valence-electron chi connectivity index (χ0n) is 9.73. The van der Waals surface area contributed by atoms with Crippen LogP contribution in [0.15, 0.2) is 18.3 Å². The van der Waals surface area contributed by atoms with Gasteiger partial charge in [0.15, 0.2) is 0 Å². The average Bonchev–Trinajstić information content (AvgIpc) is 2.03. The van der Waals surface area contributed by atoms with Crippen molar-refractivity contribution >= 4 is 0 Å². The number of nitrogens with zero attached hydrogens (tertiary/aromatic N) is 1. The quantitative estimate of drug-likeness (QED) is 0.754. The molecule has 0 bridgehead atoms. The molecule has 90 valence electrons. The van der Waals surface area contributed by atoms with E-state index in [-0.39, 0.29) is 11.1 Å². The third-order valence-corrected chi connectivity index (χ3v) is 2.00. The smallest absolute Gasteiger partial charge is 0.261 e. The Morgan fingerprint density at radius 1 is 1.06 bits per heavy atom. The fraction of sp³-hybridized carbons (Fsp3) is 0.583. The SMILES string of the molecule is CC(C)(C)Cc1ccc(CC(F)(F)F)nc1. The summed E-state index contributed by atoms with van der Waals surface area (Å²) in [5, 5.41) is 0. The fourth-order valence-electron chi connectivity index (χ4n) is 1.48. The normalized spacial score (nSPS) is 12.9. The third kappa shape index (κ3) is 5.14. The molecule has 1 heterocycles. The molecule has 0 fully saturated rings. The minimum atomic E-state index is -4.18. The van der Waals surface area contributed by atoms with E-state index in [1.165, 1.54) is 12.3 Å². The molecule has 1 aromatic heterocycles. The van der Waals surface area contributed by atoms with Gasteiger partial charge in [0.2, 0.25) is 0 Å². The molecule has 0 N–H and O–H groups in total. The van der Waals surface area contributed by atoms with Gasteiger partial charge in [-0.05, 0) is 23.5 Å². The average molecular weight is 231 g/mol. The van der Waals surface area contributed by atoms with E-state index in [4.69, 9.17) is 0 Å². The summed E-state index contributed by atoms with van der Waals surface area (Å²) in [4.78, 5) is 3.83. The molecule has 0 radical (unpaired) electrons. The van der Waals surface area contributed by atoms with Crippen molar-refractivity contribution in [2.45, 2.75) is 39.8 Å². The van der Waals surface area contributed by atoms with Gasteiger partial charge in [-0.3, -0.25) is 4.98 Å². The molecule has 16 heavy (non-hydrogen) atoms. The van der Waals surface area contributed by atoms with Crippen molar-refractivity contribution < 1.29 is 13.2 Å². The van der Waals surface area contributed by atoms with Gasteiger partial charge in [0.1, 0.15) is 0 Å². The zero-order valence-corrected chi connectivity index (χ0v) is 9.73. The zero-order chi connectivity index (χ0) is 12.4. The molecule has 0 aliphatic heterocycles. The number of pyridine rings is 1. The first-order chi connectivity index (χ1) is 7.16. The molecular formula is C12H16F3N. The van der Waals surface area contributed by atoms with Gasteiger partial charge in [0.05, 0.1) is 6.42 Å². The van der Waals surface area contributed by atoms with Crippen molar-refractivity contribution in [1.82, 2.24) is 4.98 Å². The van der Waals surface area contributed by atoms with Gasteiger partial charge in [0, 0.05) is 11.9 Å². The minimum Gasteiger partial charge on any atom is -0.261 e. The number of hydrogen-bond acceptors (Lipinski definition) is 1. The lowest BCUT2D eigenvalue weighted by Crippen LogP contribution is -2.13. The van der Waals surface area contributed by atoms with E-state index in [1.807, 2.05) is 0 Å². The summed E-state index contributed by atoms with van der Waals surface area (Å²) in [6, 6.07) is 3.17. The molecule has 0 saturated heterocycles. The van der Waals surface area contributed by atoms with Crippen LogP contribution in [0.5, 0.6) is 0 Å². The van der Waals surface area contributed by atoms with Crippen LogP contribution in [0.1, 0.15) is 32.0 Å². The molecule has 0 unspecified atom stereocenters. The lowest BCUT2D eigenvalue weighted by molar-refractivity contribution is -0.127. The van der Waals surface area contributed by atoms with Crippen molar-refractivity contribution in [3.8, 4) is 0 Å². The van der Waals surface area contributed by atoms with E-state index < -0.39 is 12.6 Å². The van der Waals surface area contributed by atoms with Crippen LogP contribution in [0.25, 0.3) is 0 Å². The predicted octanol–water partition coefficient (Wildman–Crippen LogP) is 3.78. The summed E-state index contributed by atoms with van der Waals surface area (Å²) in [6.45, 7) is 6.24. The molecule has 4 heteroatoms. The van der Waals surface area contributed by atoms with E-state index in [2.05, 4.69) is 25.8 Å². The summed E-state index contributed by atoms with van der Waals surface area (Å²) < 4.78 is 36.2. The van der Waals surface area contributed by atoms with Crippen molar-refractivity contribution in [3.63, 3.8) is 0 Å². The first kappa shape index (κ1) is 13.0. The summed E-state index contributed by atoms with van der Waals surface area (Å²) in [6.07, 6.45) is -2.79. The van der Waals surface area contributed by atoms with Gasteiger partial charge in [-0.2, -0.15) is 13.2 Å². The number of alkyl halides is 3. The van der Waals surface area contributed by atoms with Crippen LogP contribution in [0, 0.1) is 5.41 Å². The Labute approximate surface area is 93.7 Å². The van der Waals surface area contributed by atoms with Crippen molar-refractivity contribution in [2.24, 2.45) is 5.41 Å². The molecule has 1 aromatic rings. The van der Waals surface area contributed by atoms with E-state index in [0.717, 1.165) is 12.0 Å². The Morgan fingerprint density at radius 2 is 1.69 bits per heavy atom. The highest BCUT2D eigenvalue weighted by Gasteiger charge is 2.28. The molecule has 0 atom stereocenters. The third-order valence-electron chi connectivity index (χ3n) is 2.00. The van der Waals surface area contributed by atoms with Crippen molar-refractivity contribution in [2.75, 3.05) is 0 Å². The predicted molar refractivity (Wildman–Crippen MR) is 57.2 cm³/mol. The highest BCUT2D eigenvalue weighted by atomic mass is 19.4. The second-order valence-corrected chi connectivity index (χ2v) is 5.19. The maximum Gasteiger partial charge on any atom is 0.394 e. The molecule has 0 aliphatic carbocycles. The van der Waals surface area contributed by atoms with Gasteiger partial charge in [-0.1, -0.05) is 26.8 Å². The monoisotopic (exact) mass is 231 g/mol. The highest BCUT2D eigenvalue weighted by molar-refractivity contribution is 5.15. The van der Waals surface area contributed by atoms with Gasteiger partial charge in [-0.15, -0.1) is 0 Å². The maximum absolute atomic E-state index is 12.1. The van der Waals surface area contributed by atoms with Crippen LogP contribution < -0.4 is 0 Å². The number of hydrogen-bond donors (Lipinski definition) is 0. The van der Waals surface area contributed by atoms with Crippen LogP contribution >= 0.6 is 0 Å². The van der Waals surface area contributed by atoms with Gasteiger partial charge < -0.3 is 0 Å². The van der Waals surface area contributed by atoms with Crippen LogP contribution in [0.2, 0.25) is 0 Å². The summed E-state index contributed by atoms with van der Waals surface area (Å²) in [5.74, 6) is 0. The van der Waals surface area contributed by atoms with E-state index in [9.17, 15) is 13.2 Å². The van der Waals surface area contributed by atoms with Gasteiger partial charge in [-0.25, -0.2) is 0 Å². The molecule has 0 saturated carbocycles. The standard InChI is InChI=1S/C12H16F3N/c1-11(2,3)6-9-4-5-10(16-8-9)7-12(13,14)15/h4-5,8H,6-7H2,1-3H3. The van der Waals surface area contributed by atoms with Crippen molar-refractivity contribution in [3.05, 3.63) is 29.6 Å². The lowest BCUT2D eigenvalue weighted by Gasteiger charge is -2.17. The number of aromatic nitrogens is 1. The Morgan fingerprint density at radius 3 is 2.06 bits per heavy atom. The van der Waals surface area contributed by atoms with E-state index in [0.29, 0.717) is 0 Å². The summed E-state index contributed by atoms with van der Waals surface area (Å²) in [7, 11) is 0. The van der Waals surface area contributed by atoms with Crippen molar-refractivity contribution in [1.29, 1.82) is 0 Å². The number of halogens is 3. The molecule has 1 nitrogen and oxygen atoms in total. The van der Waals surface area contributed by atoms with Crippen LogP contribution in [-0.4, -0.2) is 11.2 Å². The summed E-state index contributed by atoms with van der Waals surface area (Å²) in [5.41, 5.74) is 1.16. The molecule has 0 amide bonds. The Bertz CT molecular complexity index is 298. The minimum absolute atomic E-state index is 0.0742. The first-order valence-electron chi connectivity index (χ1n) is 5.16. The number of rotatable bonds is 2. The van der Waals surface area contributed by atoms with Gasteiger partial charge >= 0.3 is 6.18 Å². The Balaban J connectivity index is 2.69. The van der Waals surface area contributed by atoms with Gasteiger partial charge in [0.25, 0.3) is 0 Å². The van der Waals surface area contributed by atoms with E-state index in [1.54, 1.807) is 6.07 Å². The second-order valence-electron chi connectivity index (χ2n) is 5.19. The molecule has 0 spiro atoms. The molecule has 0 aromatic carbocycles. The Hall–Kier alpha value is -1.06. The Kier molecular flexibility index (Phi) is 3.61. The van der Waals surface area contributed by atoms with Crippen LogP contribution in [-0.2, 0) is 12.8 Å². The maximum atomic E-state index is 12.1. The second kappa shape index (κ2) is 4.44. The highest BCUT2D eigenvalue weighted by Crippen LogP contribution is 2.22. The molecule has 1 rings (SSSR count). The van der Waals surface area contributed by atoms with Crippen LogP contribution in [0.4, 0.5) is 13.2 Å². The first-order valence-corrected chi connectivity index (χ1v) is 5.16. The van der Waals surface area contributed by atoms with Crippen LogP contribution in [0.3, 0.4) is 0 Å². The summed E-state index contributed by atoms with van der Waals surface area (Å²) >= 11 is 0.